The van der Waals surface area contributed by atoms with E-state index in [1.165, 1.54) is 0 Å². The lowest BCUT2D eigenvalue weighted by molar-refractivity contribution is 0.0534. The summed E-state index contributed by atoms with van der Waals surface area (Å²) in [5.74, 6) is 0. The summed E-state index contributed by atoms with van der Waals surface area (Å²) in [5.41, 5.74) is 7.32. The predicted molar refractivity (Wildman–Crippen MR) is 91.6 cm³/mol. The molecule has 0 atom stereocenters. The summed E-state index contributed by atoms with van der Waals surface area (Å²) < 4.78 is 5.18. The molecule has 0 aromatic heterocycles. The molecule has 2 aromatic rings. The molecule has 0 aliphatic rings. The molecule has 2 rings (SSSR count). The monoisotopic (exact) mass is 298 g/mol. The van der Waals surface area contributed by atoms with Crippen LogP contribution in [0.5, 0.6) is 0 Å². The van der Waals surface area contributed by atoms with Crippen molar-refractivity contribution >= 4 is 28.6 Å². The minimum Gasteiger partial charge on any atom is -0.444 e. The number of fused-ring (bicyclic) bond motifs is 1. The molecular formula is C18H22N2O2. The van der Waals surface area contributed by atoms with E-state index in [9.17, 15) is 4.79 Å². The highest BCUT2D eigenvalue weighted by Gasteiger charge is 2.14. The zero-order chi connectivity index (χ0) is 16.2. The number of benzene rings is 2. The summed E-state index contributed by atoms with van der Waals surface area (Å²) in [6.45, 7) is 5.92. The van der Waals surface area contributed by atoms with Gasteiger partial charge in [0.2, 0.25) is 0 Å². The fourth-order valence-corrected chi connectivity index (χ4v) is 2.15. The normalized spacial score (nSPS) is 11.8. The zero-order valence-corrected chi connectivity index (χ0v) is 13.2. The Balaban J connectivity index is 2.03. The smallest absolute Gasteiger partial charge is 0.407 e. The van der Waals surface area contributed by atoms with Crippen molar-refractivity contribution in [2.24, 2.45) is 0 Å². The van der Waals surface area contributed by atoms with Crippen molar-refractivity contribution in [2.75, 3.05) is 12.3 Å². The molecule has 0 spiro atoms. The highest BCUT2D eigenvalue weighted by atomic mass is 16.6. The molecule has 0 fully saturated rings. The number of hydrogen-bond acceptors (Lipinski definition) is 3. The third kappa shape index (κ3) is 4.25. The van der Waals surface area contributed by atoms with Crippen LogP contribution in [0.25, 0.3) is 16.8 Å². The Bertz CT molecular complexity index is 700. The standard InChI is InChI=1S/C18H22N2O2/c1-18(2,3)22-17(21)20-12-6-8-13-7-4-10-15-14(13)9-5-11-16(15)19/h4-11H,12,19H2,1-3H3,(H,20,21). The van der Waals surface area contributed by atoms with E-state index in [-0.39, 0.29) is 0 Å². The van der Waals surface area contributed by atoms with E-state index < -0.39 is 11.7 Å². The largest absolute Gasteiger partial charge is 0.444 e. The Morgan fingerprint density at radius 1 is 1.18 bits per heavy atom. The van der Waals surface area contributed by atoms with Gasteiger partial charge in [-0.25, -0.2) is 4.79 Å². The molecule has 0 radical (unpaired) electrons. The number of anilines is 1. The summed E-state index contributed by atoms with van der Waals surface area (Å²) in [5, 5.41) is 4.82. The van der Waals surface area contributed by atoms with Crippen LogP contribution in [0.2, 0.25) is 0 Å². The number of nitrogen functional groups attached to an aromatic ring is 1. The summed E-state index contributed by atoms with van der Waals surface area (Å²) in [6, 6.07) is 11.9. The Morgan fingerprint density at radius 2 is 1.86 bits per heavy atom. The van der Waals surface area contributed by atoms with Gasteiger partial charge in [0, 0.05) is 17.6 Å². The number of carbonyl (C=O) groups is 1. The van der Waals surface area contributed by atoms with Crippen molar-refractivity contribution in [2.45, 2.75) is 26.4 Å². The molecule has 1 amide bonds. The number of rotatable bonds is 3. The predicted octanol–water partition coefficient (Wildman–Crippen LogP) is 3.96. The quantitative estimate of drug-likeness (QED) is 0.843. The second-order valence-corrected chi connectivity index (χ2v) is 6.07. The van der Waals surface area contributed by atoms with Crippen molar-refractivity contribution in [3.63, 3.8) is 0 Å². The average molecular weight is 298 g/mol. The molecule has 0 heterocycles. The molecule has 4 heteroatoms. The second-order valence-electron chi connectivity index (χ2n) is 6.07. The van der Waals surface area contributed by atoms with Crippen LogP contribution in [-0.2, 0) is 4.74 Å². The Labute approximate surface area is 131 Å². The molecule has 116 valence electrons. The van der Waals surface area contributed by atoms with Crippen LogP contribution in [0.4, 0.5) is 10.5 Å². The third-order valence-corrected chi connectivity index (χ3v) is 3.05. The molecule has 4 nitrogen and oxygen atoms in total. The lowest BCUT2D eigenvalue weighted by Gasteiger charge is -2.19. The Morgan fingerprint density at radius 3 is 2.59 bits per heavy atom. The molecule has 0 aliphatic carbocycles. The van der Waals surface area contributed by atoms with Crippen LogP contribution in [-0.4, -0.2) is 18.2 Å². The lowest BCUT2D eigenvalue weighted by atomic mass is 10.0. The lowest BCUT2D eigenvalue weighted by Crippen LogP contribution is -2.32. The van der Waals surface area contributed by atoms with Crippen molar-refractivity contribution in [1.82, 2.24) is 5.32 Å². The van der Waals surface area contributed by atoms with E-state index in [1.807, 2.05) is 69.3 Å². The Kier molecular flexibility index (Phi) is 4.71. The SMILES string of the molecule is CC(C)(C)OC(=O)NCC=Cc1cccc2c(N)cccc12. The van der Waals surface area contributed by atoms with Crippen LogP contribution >= 0.6 is 0 Å². The van der Waals surface area contributed by atoms with Crippen LogP contribution in [0.1, 0.15) is 26.3 Å². The first-order valence-corrected chi connectivity index (χ1v) is 7.27. The van der Waals surface area contributed by atoms with Gasteiger partial charge >= 0.3 is 6.09 Å². The first-order chi connectivity index (χ1) is 10.4. The van der Waals surface area contributed by atoms with Crippen molar-refractivity contribution in [3.05, 3.63) is 48.0 Å². The molecule has 0 saturated carbocycles. The second kappa shape index (κ2) is 6.52. The molecule has 22 heavy (non-hydrogen) atoms. The summed E-state index contributed by atoms with van der Waals surface area (Å²) >= 11 is 0. The van der Waals surface area contributed by atoms with E-state index in [1.54, 1.807) is 0 Å². The van der Waals surface area contributed by atoms with Gasteiger partial charge in [-0.1, -0.05) is 42.5 Å². The molecular weight excluding hydrogens is 276 g/mol. The van der Waals surface area contributed by atoms with E-state index in [0.29, 0.717) is 6.54 Å². The van der Waals surface area contributed by atoms with Gasteiger partial charge in [0.25, 0.3) is 0 Å². The number of nitrogens with two attached hydrogens (primary N) is 1. The zero-order valence-electron chi connectivity index (χ0n) is 13.2. The highest BCUT2D eigenvalue weighted by molar-refractivity contribution is 5.97. The first kappa shape index (κ1) is 15.9. The minimum absolute atomic E-state index is 0.410. The maximum Gasteiger partial charge on any atom is 0.407 e. The van der Waals surface area contributed by atoms with Crippen LogP contribution in [0, 0.1) is 0 Å². The molecule has 0 saturated heterocycles. The number of nitrogens with one attached hydrogen (secondary N) is 1. The first-order valence-electron chi connectivity index (χ1n) is 7.27. The minimum atomic E-state index is -0.485. The van der Waals surface area contributed by atoms with Crippen molar-refractivity contribution < 1.29 is 9.53 Å². The fourth-order valence-electron chi connectivity index (χ4n) is 2.15. The van der Waals surface area contributed by atoms with Gasteiger partial charge in [-0.3, -0.25) is 0 Å². The topological polar surface area (TPSA) is 64.3 Å². The van der Waals surface area contributed by atoms with Crippen LogP contribution in [0.3, 0.4) is 0 Å². The Hall–Kier alpha value is -2.49. The number of hydrogen-bond donors (Lipinski definition) is 2. The maximum atomic E-state index is 11.5. The van der Waals surface area contributed by atoms with Crippen LogP contribution in [0.15, 0.2) is 42.5 Å². The van der Waals surface area contributed by atoms with Crippen LogP contribution < -0.4 is 11.1 Å². The van der Waals surface area contributed by atoms with E-state index >= 15 is 0 Å². The maximum absolute atomic E-state index is 11.5. The van der Waals surface area contributed by atoms with Gasteiger partial charge in [0.05, 0.1) is 0 Å². The number of amides is 1. The van der Waals surface area contributed by atoms with E-state index in [2.05, 4.69) is 5.32 Å². The molecule has 0 aliphatic heterocycles. The van der Waals surface area contributed by atoms with Gasteiger partial charge in [-0.05, 0) is 37.8 Å². The number of alkyl carbamates (subject to hydrolysis) is 1. The van der Waals surface area contributed by atoms with Gasteiger partial charge in [0.1, 0.15) is 5.60 Å². The summed E-state index contributed by atoms with van der Waals surface area (Å²) in [6.07, 6.45) is 3.44. The van der Waals surface area contributed by atoms with Gasteiger partial charge < -0.3 is 15.8 Å². The molecule has 0 unspecified atom stereocenters. The van der Waals surface area contributed by atoms with Crippen molar-refractivity contribution in [1.29, 1.82) is 0 Å². The van der Waals surface area contributed by atoms with E-state index in [0.717, 1.165) is 22.0 Å². The van der Waals surface area contributed by atoms with Crippen molar-refractivity contribution in [3.8, 4) is 0 Å². The fraction of sp³-hybridized carbons (Fsp3) is 0.278. The summed E-state index contributed by atoms with van der Waals surface area (Å²) in [7, 11) is 0. The van der Waals surface area contributed by atoms with Gasteiger partial charge in [-0.15, -0.1) is 0 Å². The number of ether oxygens (including phenoxy) is 1. The molecule has 0 bridgehead atoms. The highest BCUT2D eigenvalue weighted by Crippen LogP contribution is 2.24. The third-order valence-electron chi connectivity index (χ3n) is 3.05. The molecule has 2 aromatic carbocycles. The van der Waals surface area contributed by atoms with Gasteiger partial charge in [-0.2, -0.15) is 0 Å². The molecule has 3 N–H and O–H groups in total. The van der Waals surface area contributed by atoms with E-state index in [4.69, 9.17) is 10.5 Å². The number of carbonyl (C=O) groups excluding carboxylic acids is 1. The van der Waals surface area contributed by atoms with Gasteiger partial charge in [0.15, 0.2) is 0 Å². The summed E-state index contributed by atoms with van der Waals surface area (Å²) in [4.78, 5) is 11.5. The average Bonchev–Trinajstić information content (AvgIpc) is 2.42.